The molecule has 0 aliphatic carbocycles. The zero-order valence-corrected chi connectivity index (χ0v) is 8.14. The zero-order valence-electron chi connectivity index (χ0n) is 8.14. The van der Waals surface area contributed by atoms with Gasteiger partial charge in [0, 0.05) is 12.6 Å². The summed E-state index contributed by atoms with van der Waals surface area (Å²) < 4.78 is 6.59. The lowest BCUT2D eigenvalue weighted by molar-refractivity contribution is 0.209. The molecule has 2 aromatic heterocycles. The van der Waals surface area contributed by atoms with E-state index in [0.29, 0.717) is 0 Å². The van der Waals surface area contributed by atoms with Crippen molar-refractivity contribution in [3.63, 3.8) is 0 Å². The Balaban J connectivity index is 2.36. The van der Waals surface area contributed by atoms with Crippen LogP contribution in [0.5, 0.6) is 0 Å². The van der Waals surface area contributed by atoms with Crippen LogP contribution in [0, 0.1) is 6.92 Å². The summed E-state index contributed by atoms with van der Waals surface area (Å²) in [4.78, 5) is 0. The standard InChI is InChI=1S/C10H12N2O2/c1-7-5-9(12(2)11-7)10(13)8-3-4-14-6-8/h3-6,10,13H,1-2H3. The second kappa shape index (κ2) is 3.31. The van der Waals surface area contributed by atoms with Crippen molar-refractivity contribution in [1.82, 2.24) is 9.78 Å². The van der Waals surface area contributed by atoms with Gasteiger partial charge < -0.3 is 9.52 Å². The number of rotatable bonds is 2. The monoisotopic (exact) mass is 192 g/mol. The minimum Gasteiger partial charge on any atom is -0.472 e. The molecular weight excluding hydrogens is 180 g/mol. The summed E-state index contributed by atoms with van der Waals surface area (Å²) in [7, 11) is 1.81. The number of aliphatic hydroxyl groups is 1. The van der Waals surface area contributed by atoms with Gasteiger partial charge in [-0.15, -0.1) is 0 Å². The molecule has 0 fully saturated rings. The number of hydrogen-bond acceptors (Lipinski definition) is 3. The van der Waals surface area contributed by atoms with Gasteiger partial charge in [-0.25, -0.2) is 0 Å². The van der Waals surface area contributed by atoms with Crippen molar-refractivity contribution >= 4 is 0 Å². The minimum absolute atomic E-state index is 0.667. The number of hydrogen-bond donors (Lipinski definition) is 1. The Kier molecular flexibility index (Phi) is 2.13. The van der Waals surface area contributed by atoms with E-state index >= 15 is 0 Å². The molecule has 0 saturated heterocycles. The molecule has 4 heteroatoms. The Morgan fingerprint density at radius 3 is 2.86 bits per heavy atom. The van der Waals surface area contributed by atoms with Crippen molar-refractivity contribution in [2.24, 2.45) is 7.05 Å². The summed E-state index contributed by atoms with van der Waals surface area (Å²) in [6, 6.07) is 3.60. The SMILES string of the molecule is Cc1cc(C(O)c2ccoc2)n(C)n1. The third-order valence-corrected chi connectivity index (χ3v) is 2.18. The van der Waals surface area contributed by atoms with Crippen molar-refractivity contribution in [3.8, 4) is 0 Å². The molecule has 1 unspecified atom stereocenters. The van der Waals surface area contributed by atoms with E-state index in [2.05, 4.69) is 5.10 Å². The van der Waals surface area contributed by atoms with Crippen LogP contribution in [-0.2, 0) is 7.05 Å². The fourth-order valence-corrected chi connectivity index (χ4v) is 1.49. The van der Waals surface area contributed by atoms with E-state index in [1.165, 1.54) is 6.26 Å². The van der Waals surface area contributed by atoms with Gasteiger partial charge in [0.05, 0.1) is 23.9 Å². The first-order valence-corrected chi connectivity index (χ1v) is 4.39. The van der Waals surface area contributed by atoms with Crippen molar-refractivity contribution < 1.29 is 9.52 Å². The third-order valence-electron chi connectivity index (χ3n) is 2.18. The van der Waals surface area contributed by atoms with Crippen LogP contribution < -0.4 is 0 Å². The Morgan fingerprint density at radius 2 is 2.36 bits per heavy atom. The van der Waals surface area contributed by atoms with Gasteiger partial charge in [-0.2, -0.15) is 5.10 Å². The first kappa shape index (κ1) is 9.02. The highest BCUT2D eigenvalue weighted by atomic mass is 16.3. The van der Waals surface area contributed by atoms with Gasteiger partial charge in [-0.1, -0.05) is 0 Å². The molecule has 14 heavy (non-hydrogen) atoms. The molecule has 2 heterocycles. The van der Waals surface area contributed by atoms with Crippen molar-refractivity contribution in [2.45, 2.75) is 13.0 Å². The Labute approximate surface area is 81.8 Å². The molecule has 1 N–H and O–H groups in total. The molecule has 0 aromatic carbocycles. The molecule has 0 aliphatic rings. The van der Waals surface area contributed by atoms with Crippen LogP contribution in [0.2, 0.25) is 0 Å². The molecule has 0 bridgehead atoms. The van der Waals surface area contributed by atoms with E-state index in [9.17, 15) is 5.11 Å². The summed E-state index contributed by atoms with van der Waals surface area (Å²) in [6.07, 6.45) is 2.41. The second-order valence-electron chi connectivity index (χ2n) is 3.29. The molecule has 1 atom stereocenters. The number of furan rings is 1. The lowest BCUT2D eigenvalue weighted by atomic mass is 10.1. The maximum absolute atomic E-state index is 9.95. The number of aryl methyl sites for hydroxylation is 2. The Bertz CT molecular complexity index is 417. The summed E-state index contributed by atoms with van der Waals surface area (Å²) in [6.45, 7) is 1.89. The van der Waals surface area contributed by atoms with E-state index in [1.54, 1.807) is 17.0 Å². The predicted octanol–water partition coefficient (Wildman–Crippen LogP) is 1.40. The highest BCUT2D eigenvalue weighted by Gasteiger charge is 2.15. The van der Waals surface area contributed by atoms with Crippen LogP contribution in [0.1, 0.15) is 23.1 Å². The lowest BCUT2D eigenvalue weighted by Gasteiger charge is -2.07. The summed E-state index contributed by atoms with van der Waals surface area (Å²) >= 11 is 0. The molecule has 2 rings (SSSR count). The first-order chi connectivity index (χ1) is 6.68. The molecule has 0 amide bonds. The molecule has 0 aliphatic heterocycles. The fraction of sp³-hybridized carbons (Fsp3) is 0.300. The molecular formula is C10H12N2O2. The average Bonchev–Trinajstić information content (AvgIpc) is 2.73. The minimum atomic E-state index is -0.667. The van der Waals surface area contributed by atoms with E-state index in [-0.39, 0.29) is 0 Å². The molecule has 4 nitrogen and oxygen atoms in total. The second-order valence-corrected chi connectivity index (χ2v) is 3.29. The average molecular weight is 192 g/mol. The van der Waals surface area contributed by atoms with Gasteiger partial charge in [0.2, 0.25) is 0 Å². The van der Waals surface area contributed by atoms with Crippen LogP contribution in [-0.4, -0.2) is 14.9 Å². The Morgan fingerprint density at radius 1 is 1.57 bits per heavy atom. The number of aromatic nitrogens is 2. The molecule has 0 radical (unpaired) electrons. The van der Waals surface area contributed by atoms with Crippen molar-refractivity contribution in [3.05, 3.63) is 41.6 Å². The predicted molar refractivity (Wildman–Crippen MR) is 50.7 cm³/mol. The summed E-state index contributed by atoms with van der Waals surface area (Å²) in [5.74, 6) is 0. The highest BCUT2D eigenvalue weighted by molar-refractivity contribution is 5.23. The zero-order chi connectivity index (χ0) is 10.1. The van der Waals surface area contributed by atoms with Crippen molar-refractivity contribution in [2.75, 3.05) is 0 Å². The van der Waals surface area contributed by atoms with Crippen LogP contribution in [0.3, 0.4) is 0 Å². The summed E-state index contributed by atoms with van der Waals surface area (Å²) in [5, 5.41) is 14.1. The smallest absolute Gasteiger partial charge is 0.124 e. The quantitative estimate of drug-likeness (QED) is 0.782. The fourth-order valence-electron chi connectivity index (χ4n) is 1.49. The van der Waals surface area contributed by atoms with Gasteiger partial charge in [0.1, 0.15) is 6.10 Å². The largest absolute Gasteiger partial charge is 0.472 e. The van der Waals surface area contributed by atoms with Crippen LogP contribution in [0.25, 0.3) is 0 Å². The first-order valence-electron chi connectivity index (χ1n) is 4.39. The van der Waals surface area contributed by atoms with Crippen LogP contribution in [0.15, 0.2) is 29.1 Å². The van der Waals surface area contributed by atoms with Crippen LogP contribution in [0.4, 0.5) is 0 Å². The topological polar surface area (TPSA) is 51.2 Å². The molecule has 2 aromatic rings. The van der Waals surface area contributed by atoms with E-state index in [1.807, 2.05) is 20.0 Å². The van der Waals surface area contributed by atoms with Gasteiger partial charge >= 0.3 is 0 Å². The maximum Gasteiger partial charge on any atom is 0.124 e. The maximum atomic E-state index is 9.95. The van der Waals surface area contributed by atoms with Gasteiger partial charge in [0.25, 0.3) is 0 Å². The molecule has 0 saturated carbocycles. The third kappa shape index (κ3) is 1.44. The van der Waals surface area contributed by atoms with Gasteiger partial charge in [-0.3, -0.25) is 4.68 Å². The lowest BCUT2D eigenvalue weighted by Crippen LogP contribution is -2.05. The molecule has 74 valence electrons. The number of nitrogens with zero attached hydrogens (tertiary/aromatic N) is 2. The highest BCUT2D eigenvalue weighted by Crippen LogP contribution is 2.21. The van der Waals surface area contributed by atoms with E-state index < -0.39 is 6.10 Å². The summed E-state index contributed by atoms with van der Waals surface area (Å²) in [5.41, 5.74) is 2.40. The molecule has 0 spiro atoms. The van der Waals surface area contributed by atoms with Gasteiger partial charge in [-0.05, 0) is 19.1 Å². The normalized spacial score (nSPS) is 13.1. The van der Waals surface area contributed by atoms with E-state index in [0.717, 1.165) is 17.0 Å². The van der Waals surface area contributed by atoms with Gasteiger partial charge in [0.15, 0.2) is 0 Å². The van der Waals surface area contributed by atoms with Crippen molar-refractivity contribution in [1.29, 1.82) is 0 Å². The van der Waals surface area contributed by atoms with E-state index in [4.69, 9.17) is 4.42 Å². The number of aliphatic hydroxyl groups excluding tert-OH is 1. The van der Waals surface area contributed by atoms with Crippen LogP contribution >= 0.6 is 0 Å². The Hall–Kier alpha value is -1.55.